The van der Waals surface area contributed by atoms with Crippen LogP contribution in [0.4, 0.5) is 0 Å². The van der Waals surface area contributed by atoms with E-state index in [9.17, 15) is 9.36 Å². The van der Waals surface area contributed by atoms with E-state index in [0.717, 1.165) is 7.11 Å². The average molecular weight is 181 g/mol. The fourth-order valence-electron chi connectivity index (χ4n) is 0.399. The van der Waals surface area contributed by atoms with Crippen molar-refractivity contribution in [3.05, 3.63) is 0 Å². The second kappa shape index (κ2) is 5.18. The second-order valence-corrected chi connectivity index (χ2v) is 2.92. The third-order valence-electron chi connectivity index (χ3n) is 0.788. The molecule has 1 N–H and O–H groups in total. The van der Waals surface area contributed by atoms with Gasteiger partial charge in [0.25, 0.3) is 0 Å². The number of rotatable bonds is 4. The topological polar surface area (TPSA) is 72.8 Å². The highest BCUT2D eigenvalue weighted by atomic mass is 31.1. The highest BCUT2D eigenvalue weighted by Gasteiger charge is 2.24. The number of carbonyl (C=O) groups is 1. The van der Waals surface area contributed by atoms with Crippen LogP contribution in [0.5, 0.6) is 0 Å². The van der Waals surface area contributed by atoms with Crippen molar-refractivity contribution in [1.29, 1.82) is 0 Å². The molecule has 0 aliphatic rings. The number of aliphatic hydroxyl groups excluding tert-OH is 1. The monoisotopic (exact) mass is 181 g/mol. The van der Waals surface area contributed by atoms with Gasteiger partial charge in [-0.2, -0.15) is 4.52 Å². The van der Waals surface area contributed by atoms with E-state index in [0.29, 0.717) is 0 Å². The molecule has 0 fully saturated rings. The summed E-state index contributed by atoms with van der Waals surface area (Å²) >= 11 is 0. The third-order valence-corrected chi connectivity index (χ3v) is 1.44. The van der Waals surface area contributed by atoms with Gasteiger partial charge in [-0.15, -0.1) is 4.52 Å². The van der Waals surface area contributed by atoms with Gasteiger partial charge in [-0.05, 0) is 6.92 Å². The van der Waals surface area contributed by atoms with Crippen molar-refractivity contribution in [2.24, 2.45) is 0 Å². The molecule has 0 spiro atoms. The molecule has 6 heteroatoms. The Morgan fingerprint density at radius 2 is 2.27 bits per heavy atom. The first-order valence-corrected chi connectivity index (χ1v) is 4.06. The van der Waals surface area contributed by atoms with Crippen LogP contribution in [-0.2, 0) is 18.4 Å². The van der Waals surface area contributed by atoms with Crippen molar-refractivity contribution < 1.29 is 23.5 Å². The van der Waals surface area contributed by atoms with Gasteiger partial charge in [-0.3, -0.25) is 0 Å². The molecule has 0 amide bonds. The Bertz CT molecular complexity index is 155. The molecule has 0 saturated carbocycles. The molecule has 11 heavy (non-hydrogen) atoms. The molecule has 0 aliphatic heterocycles. The second-order valence-electron chi connectivity index (χ2n) is 1.92. The molecule has 0 bridgehead atoms. The summed E-state index contributed by atoms with van der Waals surface area (Å²) in [6.07, 6.45) is -0.965. The van der Waals surface area contributed by atoms with Gasteiger partial charge in [0, 0.05) is 4.57 Å². The maximum absolute atomic E-state index is 10.6. The molecule has 64 valence electrons. The lowest BCUT2D eigenvalue weighted by Gasteiger charge is -1.95. The van der Waals surface area contributed by atoms with Gasteiger partial charge < -0.3 is 5.11 Å². The number of hydrogen-bond donors (Lipinski definition) is 1. The fourth-order valence-corrected chi connectivity index (χ4v) is 0.714. The molecule has 0 rings (SSSR count). The van der Waals surface area contributed by atoms with E-state index in [2.05, 4.69) is 9.05 Å². The van der Waals surface area contributed by atoms with Crippen molar-refractivity contribution in [2.45, 2.75) is 19.4 Å². The van der Waals surface area contributed by atoms with Crippen LogP contribution < -0.4 is 0 Å². The summed E-state index contributed by atoms with van der Waals surface area (Å²) < 4.78 is 18.8. The molecule has 0 radical (unpaired) electrons. The van der Waals surface area contributed by atoms with Crippen molar-refractivity contribution in [2.75, 3.05) is 7.11 Å². The van der Waals surface area contributed by atoms with Gasteiger partial charge in [0.05, 0.1) is 19.6 Å². The zero-order chi connectivity index (χ0) is 8.85. The predicted octanol–water partition coefficient (Wildman–Crippen LogP) is 0.604. The Hall–Kier alpha value is -0.510. The molecule has 0 saturated heterocycles. The van der Waals surface area contributed by atoms with E-state index in [1.165, 1.54) is 6.92 Å². The first kappa shape index (κ1) is 10.5. The van der Waals surface area contributed by atoms with Gasteiger partial charge >= 0.3 is 14.2 Å². The number of carbonyl (C=O) groups excluding carboxylic acids is 1. The highest BCUT2D eigenvalue weighted by molar-refractivity contribution is 7.34. The molecule has 0 aliphatic carbocycles. The van der Waals surface area contributed by atoms with Crippen LogP contribution in [0.2, 0.25) is 0 Å². The Morgan fingerprint density at radius 1 is 1.73 bits per heavy atom. The lowest BCUT2D eigenvalue weighted by molar-refractivity contribution is -0.136. The van der Waals surface area contributed by atoms with Crippen LogP contribution in [0.3, 0.4) is 0 Å². The van der Waals surface area contributed by atoms with Crippen LogP contribution in [0.25, 0.3) is 0 Å². The minimum absolute atomic E-state index is 0.176. The summed E-state index contributed by atoms with van der Waals surface area (Å²) in [7, 11) is -1.20. The minimum atomic E-state index is -2.36. The Kier molecular flexibility index (Phi) is 4.94. The van der Waals surface area contributed by atoms with E-state index in [-0.39, 0.29) is 6.42 Å². The van der Waals surface area contributed by atoms with Gasteiger partial charge in [0.15, 0.2) is 0 Å². The normalized spacial score (nSPS) is 13.9. The fraction of sp³-hybridized carbons (Fsp3) is 0.800. The van der Waals surface area contributed by atoms with Crippen LogP contribution in [0.15, 0.2) is 0 Å². The summed E-state index contributed by atoms with van der Waals surface area (Å²) in [5.74, 6) is -0.733. The maximum Gasteiger partial charge on any atom is 0.752 e. The van der Waals surface area contributed by atoms with Crippen molar-refractivity contribution in [1.82, 2.24) is 0 Å². The largest absolute Gasteiger partial charge is 0.752 e. The predicted molar refractivity (Wildman–Crippen MR) is 37.0 cm³/mol. The molecule has 0 aromatic heterocycles. The molecular weight excluding hydrogens is 171 g/mol. The van der Waals surface area contributed by atoms with Crippen LogP contribution in [-0.4, -0.2) is 24.3 Å². The van der Waals surface area contributed by atoms with Crippen LogP contribution in [0.1, 0.15) is 13.3 Å². The lowest BCUT2D eigenvalue weighted by atomic mass is 10.3. The van der Waals surface area contributed by atoms with Crippen LogP contribution >= 0.6 is 8.25 Å². The molecule has 2 atom stereocenters. The highest BCUT2D eigenvalue weighted by Crippen LogP contribution is 2.22. The standard InChI is InChI=1S/C5H10O5P/c1-4(6)3-5(7)10-11(8)9-2/h4,6H,3H2,1-2H3/q+1. The third kappa shape index (κ3) is 5.91. The smallest absolute Gasteiger partial charge is 0.393 e. The first-order valence-electron chi connectivity index (χ1n) is 2.96. The van der Waals surface area contributed by atoms with Gasteiger partial charge in [0.1, 0.15) is 0 Å². The minimum Gasteiger partial charge on any atom is -0.393 e. The van der Waals surface area contributed by atoms with Crippen molar-refractivity contribution >= 4 is 14.2 Å². The summed E-state index contributed by atoms with van der Waals surface area (Å²) in [5.41, 5.74) is 0. The molecule has 2 unspecified atom stereocenters. The molecule has 5 nitrogen and oxygen atoms in total. The lowest BCUT2D eigenvalue weighted by Crippen LogP contribution is -2.09. The zero-order valence-corrected chi connectivity index (χ0v) is 7.21. The summed E-state index contributed by atoms with van der Waals surface area (Å²) in [6, 6.07) is 0. The molecule has 0 aromatic carbocycles. The number of hydrogen-bond acceptors (Lipinski definition) is 5. The molecule has 0 aromatic rings. The summed E-state index contributed by atoms with van der Waals surface area (Å²) in [6.45, 7) is 1.43. The average Bonchev–Trinajstić information content (AvgIpc) is 1.85. The Balaban J connectivity index is 3.61. The summed E-state index contributed by atoms with van der Waals surface area (Å²) in [4.78, 5) is 10.6. The van der Waals surface area contributed by atoms with Gasteiger partial charge in [-0.25, -0.2) is 4.79 Å². The SMILES string of the molecule is CO[P+](=O)OC(=O)CC(C)O. The molecule has 0 heterocycles. The van der Waals surface area contributed by atoms with Gasteiger partial charge in [-0.1, -0.05) is 0 Å². The van der Waals surface area contributed by atoms with E-state index in [1.807, 2.05) is 0 Å². The van der Waals surface area contributed by atoms with Crippen LogP contribution in [0, 0.1) is 0 Å². The Labute approximate surface area is 65.3 Å². The van der Waals surface area contributed by atoms with Crippen molar-refractivity contribution in [3.63, 3.8) is 0 Å². The van der Waals surface area contributed by atoms with E-state index in [1.54, 1.807) is 0 Å². The Morgan fingerprint density at radius 3 is 2.64 bits per heavy atom. The van der Waals surface area contributed by atoms with E-state index < -0.39 is 20.3 Å². The van der Waals surface area contributed by atoms with E-state index in [4.69, 9.17) is 5.11 Å². The zero-order valence-electron chi connectivity index (χ0n) is 6.31. The number of aliphatic hydroxyl groups is 1. The quantitative estimate of drug-likeness (QED) is 0.643. The first-order chi connectivity index (χ1) is 5.06. The maximum atomic E-state index is 10.6. The van der Waals surface area contributed by atoms with Gasteiger partial charge in [0.2, 0.25) is 0 Å². The molecular formula is C5H10O5P+. The van der Waals surface area contributed by atoms with E-state index >= 15 is 0 Å². The summed E-state index contributed by atoms with van der Waals surface area (Å²) in [5, 5.41) is 8.67. The van der Waals surface area contributed by atoms with Crippen molar-refractivity contribution in [3.8, 4) is 0 Å².